The first-order valence-electron chi connectivity index (χ1n) is 16.3. The van der Waals surface area contributed by atoms with Crippen LogP contribution in [0.2, 0.25) is 0 Å². The van der Waals surface area contributed by atoms with Gasteiger partial charge in [0.2, 0.25) is 0 Å². The number of hydrogen-bond donors (Lipinski definition) is 4. The highest BCUT2D eigenvalue weighted by Crippen LogP contribution is 2.43. The summed E-state index contributed by atoms with van der Waals surface area (Å²) in [4.78, 5) is 29.3. The molecule has 46 heavy (non-hydrogen) atoms. The Hall–Kier alpha value is -3.61. The van der Waals surface area contributed by atoms with Gasteiger partial charge in [0, 0.05) is 68.7 Å². The first-order chi connectivity index (χ1) is 22.1. The van der Waals surface area contributed by atoms with E-state index in [9.17, 15) is 18.4 Å². The van der Waals surface area contributed by atoms with E-state index in [0.29, 0.717) is 57.0 Å². The van der Waals surface area contributed by atoms with Crippen molar-refractivity contribution >= 4 is 23.8 Å². The van der Waals surface area contributed by atoms with Crippen molar-refractivity contribution in [2.45, 2.75) is 64.2 Å². The fourth-order valence-corrected chi connectivity index (χ4v) is 7.18. The van der Waals surface area contributed by atoms with Gasteiger partial charge in [-0.3, -0.25) is 24.5 Å². The summed E-state index contributed by atoms with van der Waals surface area (Å²) >= 11 is 0. The molecule has 12 heteroatoms. The third kappa shape index (κ3) is 7.34. The largest absolute Gasteiger partial charge is 0.480 e. The van der Waals surface area contributed by atoms with Crippen LogP contribution in [0.1, 0.15) is 50.8 Å². The van der Waals surface area contributed by atoms with Gasteiger partial charge in [-0.25, -0.2) is 8.78 Å². The molecule has 0 aromatic carbocycles. The Kier molecular flexibility index (Phi) is 9.58. The van der Waals surface area contributed by atoms with Crippen LogP contribution < -0.4 is 10.6 Å². The average Bonchev–Trinajstić information content (AvgIpc) is 3.41. The lowest BCUT2D eigenvalue weighted by atomic mass is 9.72. The number of alkyl halides is 1. The van der Waals surface area contributed by atoms with Crippen molar-refractivity contribution in [1.82, 2.24) is 25.3 Å². The van der Waals surface area contributed by atoms with Crippen LogP contribution >= 0.6 is 0 Å². The minimum atomic E-state index is -1.35. The summed E-state index contributed by atoms with van der Waals surface area (Å²) in [6.45, 7) is 8.11. The molecule has 0 spiro atoms. The highest BCUT2D eigenvalue weighted by molar-refractivity contribution is 6.07. The Morgan fingerprint density at radius 1 is 1.20 bits per heavy atom. The number of carbonyl (C=O) groups is 2. The first-order valence-corrected chi connectivity index (χ1v) is 16.3. The molecule has 3 aliphatic carbocycles. The number of piperazine rings is 1. The number of aromatic amines is 1. The minimum Gasteiger partial charge on any atom is -0.480 e. The van der Waals surface area contributed by atoms with Crippen molar-refractivity contribution in [3.05, 3.63) is 64.3 Å². The molecule has 0 radical (unpaired) electrons. The van der Waals surface area contributed by atoms with E-state index in [2.05, 4.69) is 44.8 Å². The minimum absolute atomic E-state index is 0.0475. The highest BCUT2D eigenvalue weighted by Gasteiger charge is 2.35. The van der Waals surface area contributed by atoms with Crippen LogP contribution in [-0.2, 0) is 20.7 Å². The van der Waals surface area contributed by atoms with Gasteiger partial charge in [0.25, 0.3) is 5.91 Å². The number of carboxylic acid groups (broad SMARTS) is 1. The maximum atomic E-state index is 14.4. The van der Waals surface area contributed by atoms with Gasteiger partial charge in [0.1, 0.15) is 12.0 Å². The van der Waals surface area contributed by atoms with E-state index in [-0.39, 0.29) is 24.5 Å². The first kappa shape index (κ1) is 32.3. The second-order valence-electron chi connectivity index (χ2n) is 13.5. The molecule has 1 aromatic rings. The summed E-state index contributed by atoms with van der Waals surface area (Å²) in [7, 11) is 0. The number of fused-ring (bicyclic) bond motifs is 1. The monoisotopic (exact) mass is 638 g/mol. The summed E-state index contributed by atoms with van der Waals surface area (Å²) in [6, 6.07) is 0.279. The van der Waals surface area contributed by atoms with Crippen LogP contribution in [0.5, 0.6) is 0 Å². The number of hydrogen-bond acceptors (Lipinski definition) is 7. The van der Waals surface area contributed by atoms with Crippen molar-refractivity contribution in [2.75, 3.05) is 51.3 Å². The number of aliphatic carboxylic acids is 1. The zero-order chi connectivity index (χ0) is 32.4. The average molecular weight is 639 g/mol. The molecular weight excluding hydrogens is 594 g/mol. The number of H-pyrrole nitrogens is 1. The predicted molar refractivity (Wildman–Crippen MR) is 171 cm³/mol. The van der Waals surface area contributed by atoms with Crippen LogP contribution in [0, 0.1) is 11.3 Å². The number of nitrogens with one attached hydrogen (secondary N) is 3. The molecule has 1 aromatic heterocycles. The number of carbonyl (C=O) groups excluding carboxylic acids is 1. The zero-order valence-corrected chi connectivity index (χ0v) is 26.5. The molecule has 2 fully saturated rings. The number of anilines is 1. The van der Waals surface area contributed by atoms with Gasteiger partial charge in [-0.1, -0.05) is 31.6 Å². The standard InChI is InChI=1S/C34H44F2N6O4/c1-21-22(15-23(35)16-28(21)36)18-34(2)8-5-29-27(19-34)32(40-39-29)38-33(45)26-4-3-25(17-30(26)37-24-6-13-46-14-7-24)42-11-9-41(10-12-42)20-31(43)44/h4-5,8,15-17,21,24-25,28,37H,3,6-7,9-14,18-20H2,1-2H3,(H,43,44)(H2,38,39,40,45). The Morgan fingerprint density at radius 2 is 1.96 bits per heavy atom. The summed E-state index contributed by atoms with van der Waals surface area (Å²) < 4.78 is 34.1. The van der Waals surface area contributed by atoms with E-state index >= 15 is 0 Å². The van der Waals surface area contributed by atoms with Crippen molar-refractivity contribution in [1.29, 1.82) is 0 Å². The highest BCUT2D eigenvalue weighted by atomic mass is 19.1. The summed E-state index contributed by atoms with van der Waals surface area (Å²) in [5.41, 5.74) is 3.36. The van der Waals surface area contributed by atoms with Gasteiger partial charge in [0.05, 0.1) is 17.8 Å². The van der Waals surface area contributed by atoms with E-state index in [1.807, 2.05) is 17.1 Å². The number of allylic oxidation sites excluding steroid dienone is 5. The Labute approximate surface area is 268 Å². The van der Waals surface area contributed by atoms with Gasteiger partial charge < -0.3 is 20.5 Å². The Morgan fingerprint density at radius 3 is 2.70 bits per heavy atom. The number of ether oxygens (including phenoxy) is 1. The van der Waals surface area contributed by atoms with E-state index < -0.39 is 29.3 Å². The number of rotatable bonds is 9. The Balaban J connectivity index is 1.16. The maximum absolute atomic E-state index is 14.4. The molecule has 3 heterocycles. The lowest BCUT2D eigenvalue weighted by molar-refractivity contribution is -0.138. The van der Waals surface area contributed by atoms with E-state index in [1.165, 1.54) is 6.08 Å². The van der Waals surface area contributed by atoms with Gasteiger partial charge in [-0.05, 0) is 61.8 Å². The molecule has 2 saturated heterocycles. The molecular formula is C34H44F2N6O4. The number of carboxylic acids is 1. The fourth-order valence-electron chi connectivity index (χ4n) is 7.18. The second-order valence-corrected chi connectivity index (χ2v) is 13.5. The molecule has 10 nitrogen and oxygen atoms in total. The zero-order valence-electron chi connectivity index (χ0n) is 26.5. The second kappa shape index (κ2) is 13.6. The summed E-state index contributed by atoms with van der Waals surface area (Å²) in [6.07, 6.45) is 12.6. The number of aromatic nitrogens is 2. The van der Waals surface area contributed by atoms with Gasteiger partial charge in [-0.15, -0.1) is 0 Å². The molecule has 248 valence electrons. The van der Waals surface area contributed by atoms with Crippen LogP contribution in [0.3, 0.4) is 0 Å². The molecule has 2 aliphatic heterocycles. The smallest absolute Gasteiger partial charge is 0.317 e. The SMILES string of the molecule is CC1C(CC2(C)C=Cc3[nH]nc(NC(=O)C4=CCC(N5CCN(CC(=O)O)CC5)C=C4NC4CCOCC4)c3C2)=CC(F)=CC1F. The summed E-state index contributed by atoms with van der Waals surface area (Å²) in [5, 5.41) is 23.3. The molecule has 4 N–H and O–H groups in total. The third-order valence-corrected chi connectivity index (χ3v) is 9.95. The fraction of sp³-hybridized carbons (Fsp3) is 0.559. The molecule has 0 bridgehead atoms. The van der Waals surface area contributed by atoms with Gasteiger partial charge >= 0.3 is 5.97 Å². The van der Waals surface area contributed by atoms with Crippen LogP contribution in [0.25, 0.3) is 6.08 Å². The van der Waals surface area contributed by atoms with Crippen LogP contribution in [0.4, 0.5) is 14.6 Å². The lowest BCUT2D eigenvalue weighted by Crippen LogP contribution is -2.51. The van der Waals surface area contributed by atoms with E-state index in [1.54, 1.807) is 6.92 Å². The maximum Gasteiger partial charge on any atom is 0.317 e. The molecule has 4 atom stereocenters. The molecule has 6 rings (SSSR count). The van der Waals surface area contributed by atoms with E-state index in [0.717, 1.165) is 54.5 Å². The topological polar surface area (TPSA) is 123 Å². The van der Waals surface area contributed by atoms with Crippen molar-refractivity contribution in [3.63, 3.8) is 0 Å². The normalized spacial score (nSPS) is 29.3. The number of amides is 1. The quantitative estimate of drug-likeness (QED) is 0.319. The van der Waals surface area contributed by atoms with Gasteiger partial charge in [0.15, 0.2) is 5.82 Å². The molecule has 5 aliphatic rings. The van der Waals surface area contributed by atoms with Crippen molar-refractivity contribution in [3.8, 4) is 0 Å². The summed E-state index contributed by atoms with van der Waals surface area (Å²) in [5.74, 6) is -1.55. The lowest BCUT2D eigenvalue weighted by Gasteiger charge is -2.39. The molecule has 4 unspecified atom stereocenters. The van der Waals surface area contributed by atoms with Crippen LogP contribution in [-0.4, -0.2) is 101 Å². The molecule has 1 amide bonds. The van der Waals surface area contributed by atoms with Gasteiger partial charge in [-0.2, -0.15) is 5.10 Å². The number of halogens is 2. The van der Waals surface area contributed by atoms with E-state index in [4.69, 9.17) is 9.84 Å². The third-order valence-electron chi connectivity index (χ3n) is 9.95. The van der Waals surface area contributed by atoms with Crippen molar-refractivity contribution < 1.29 is 28.2 Å². The Bertz CT molecular complexity index is 1480. The predicted octanol–water partition coefficient (Wildman–Crippen LogP) is 4.13. The number of nitrogens with zero attached hydrogens (tertiary/aromatic N) is 3. The van der Waals surface area contributed by atoms with Crippen molar-refractivity contribution in [2.24, 2.45) is 11.3 Å². The molecule has 0 saturated carbocycles. The van der Waals surface area contributed by atoms with Crippen LogP contribution in [0.15, 0.2) is 53.1 Å².